The fraction of sp³-hybridized carbons (Fsp3) is 0.545. The first-order chi connectivity index (χ1) is 10.1. The molecule has 2 aromatic rings. The summed E-state index contributed by atoms with van der Waals surface area (Å²) >= 11 is 1.20. The number of hydrogen-bond donors (Lipinski definition) is 5. The number of aliphatic hydroxyl groups excluding tert-OH is 2. The van der Waals surface area contributed by atoms with Gasteiger partial charge < -0.3 is 20.1 Å². The van der Waals surface area contributed by atoms with Crippen molar-refractivity contribution in [2.24, 2.45) is 0 Å². The number of nitrogens with one attached hydrogen (secondary N) is 2. The highest BCUT2D eigenvalue weighted by Crippen LogP contribution is 2.31. The molecule has 0 unspecified atom stereocenters. The smallest absolute Gasteiger partial charge is 0.152 e. The summed E-state index contributed by atoms with van der Waals surface area (Å²) in [6, 6.07) is -0.943. The van der Waals surface area contributed by atoms with Crippen LogP contribution in [0, 0.1) is 0 Å². The van der Waals surface area contributed by atoms with Gasteiger partial charge in [0, 0.05) is 6.26 Å². The van der Waals surface area contributed by atoms with E-state index < -0.39 is 18.2 Å². The summed E-state index contributed by atoms with van der Waals surface area (Å²) in [4.78, 5) is 8.02. The lowest BCUT2D eigenvalue weighted by Gasteiger charge is -2.14. The number of hydrogen-bond acceptors (Lipinski definition) is 9. The Balaban J connectivity index is 1.90. The van der Waals surface area contributed by atoms with Crippen LogP contribution in [0.15, 0.2) is 6.33 Å². The van der Waals surface area contributed by atoms with Crippen LogP contribution in [0.25, 0.3) is 11.0 Å². The standard InChI is InChI=1S/C11H16N6O3S/c1-21-20-2-4-9(18)10(19)7(15-4)6-5-8(17-16-6)11(12)14-3-13-5/h3-4,7,9-10,15,18-19H,2H2,1H3,(H,16,17)(H2,12,13,14)/t4-,7+,9-,10+/m1/s1. The molecule has 1 saturated heterocycles. The quantitative estimate of drug-likeness (QED) is 0.447. The first-order valence-electron chi connectivity index (χ1n) is 6.35. The Kier molecular flexibility index (Phi) is 3.95. The number of nitrogens with zero attached hydrogens (tertiary/aromatic N) is 3. The van der Waals surface area contributed by atoms with Crippen molar-refractivity contribution in [1.29, 1.82) is 0 Å². The molecule has 0 spiro atoms. The molecule has 6 N–H and O–H groups in total. The highest BCUT2D eigenvalue weighted by Gasteiger charge is 2.43. The average molecular weight is 312 g/mol. The summed E-state index contributed by atoms with van der Waals surface area (Å²) < 4.78 is 5.22. The van der Waals surface area contributed by atoms with E-state index in [1.165, 1.54) is 18.4 Å². The van der Waals surface area contributed by atoms with Crippen molar-refractivity contribution >= 4 is 28.9 Å². The summed E-state index contributed by atoms with van der Waals surface area (Å²) in [6.45, 7) is 0.273. The minimum absolute atomic E-state index is 0.273. The average Bonchev–Trinajstić information content (AvgIpc) is 3.02. The molecule has 1 aliphatic heterocycles. The van der Waals surface area contributed by atoms with Gasteiger partial charge in [0.1, 0.15) is 29.2 Å². The molecule has 0 bridgehead atoms. The Morgan fingerprint density at radius 1 is 1.38 bits per heavy atom. The van der Waals surface area contributed by atoms with E-state index in [2.05, 4.69) is 25.5 Å². The molecule has 1 aliphatic rings. The van der Waals surface area contributed by atoms with Crippen molar-refractivity contribution in [2.75, 3.05) is 18.6 Å². The molecule has 10 heteroatoms. The second-order valence-electron chi connectivity index (χ2n) is 4.77. The monoisotopic (exact) mass is 312 g/mol. The molecule has 2 aromatic heterocycles. The van der Waals surface area contributed by atoms with Gasteiger partial charge in [0.15, 0.2) is 5.82 Å². The topological polar surface area (TPSA) is 142 Å². The van der Waals surface area contributed by atoms with Crippen molar-refractivity contribution in [3.05, 3.63) is 12.0 Å². The van der Waals surface area contributed by atoms with E-state index in [9.17, 15) is 10.2 Å². The van der Waals surface area contributed by atoms with Crippen LogP contribution in [0.1, 0.15) is 11.7 Å². The van der Waals surface area contributed by atoms with Gasteiger partial charge in [-0.3, -0.25) is 10.4 Å². The van der Waals surface area contributed by atoms with E-state index in [1.54, 1.807) is 6.26 Å². The molecule has 3 rings (SSSR count). The number of aromatic amines is 1. The summed E-state index contributed by atoms with van der Waals surface area (Å²) in [5.41, 5.74) is 7.28. The van der Waals surface area contributed by atoms with Crippen molar-refractivity contribution in [1.82, 2.24) is 25.5 Å². The molecule has 0 aromatic carbocycles. The molecule has 1 fully saturated rings. The van der Waals surface area contributed by atoms with Crippen molar-refractivity contribution < 1.29 is 14.4 Å². The fourth-order valence-electron chi connectivity index (χ4n) is 2.48. The number of H-pyrrole nitrogens is 1. The predicted molar refractivity (Wildman–Crippen MR) is 77.2 cm³/mol. The molecule has 4 atom stereocenters. The Bertz CT molecular complexity index is 637. The van der Waals surface area contributed by atoms with Crippen LogP contribution in [0.5, 0.6) is 0 Å². The molecule has 21 heavy (non-hydrogen) atoms. The normalized spacial score (nSPS) is 29.3. The van der Waals surface area contributed by atoms with Gasteiger partial charge in [-0.2, -0.15) is 5.10 Å². The van der Waals surface area contributed by atoms with E-state index in [0.29, 0.717) is 16.7 Å². The minimum Gasteiger partial charge on any atom is -0.389 e. The van der Waals surface area contributed by atoms with Crippen LogP contribution >= 0.6 is 12.0 Å². The fourth-order valence-corrected chi connectivity index (χ4v) is 2.76. The third-order valence-electron chi connectivity index (χ3n) is 3.56. The number of fused-ring (bicyclic) bond motifs is 1. The van der Waals surface area contributed by atoms with Crippen LogP contribution in [-0.4, -0.2) is 61.5 Å². The Hall–Kier alpha value is -1.46. The largest absolute Gasteiger partial charge is 0.389 e. The Labute approximate surface area is 124 Å². The van der Waals surface area contributed by atoms with Gasteiger partial charge in [-0.1, -0.05) is 0 Å². The van der Waals surface area contributed by atoms with E-state index in [4.69, 9.17) is 9.92 Å². The number of anilines is 1. The number of rotatable bonds is 4. The van der Waals surface area contributed by atoms with Crippen LogP contribution in [0.3, 0.4) is 0 Å². The highest BCUT2D eigenvalue weighted by molar-refractivity contribution is 7.93. The number of nitrogens with two attached hydrogens (primary N) is 1. The first-order valence-corrected chi connectivity index (χ1v) is 7.50. The SMILES string of the molecule is CSOC[C@H]1N[C@@H](c2n[nH]c3c(N)ncnc23)[C@H](O)[C@@H]1O. The van der Waals surface area contributed by atoms with E-state index in [0.717, 1.165) is 0 Å². The van der Waals surface area contributed by atoms with Crippen LogP contribution < -0.4 is 11.1 Å². The van der Waals surface area contributed by atoms with Gasteiger partial charge in [0.2, 0.25) is 0 Å². The number of aromatic nitrogens is 4. The molecule has 0 saturated carbocycles. The Morgan fingerprint density at radius 3 is 2.95 bits per heavy atom. The molecule has 3 heterocycles. The summed E-state index contributed by atoms with van der Waals surface area (Å²) in [6.07, 6.45) is 1.16. The van der Waals surface area contributed by atoms with E-state index >= 15 is 0 Å². The van der Waals surface area contributed by atoms with Gasteiger partial charge in [-0.15, -0.1) is 0 Å². The summed E-state index contributed by atoms with van der Waals surface area (Å²) in [7, 11) is 0. The van der Waals surface area contributed by atoms with E-state index in [-0.39, 0.29) is 18.5 Å². The Morgan fingerprint density at radius 2 is 2.19 bits per heavy atom. The third kappa shape index (κ3) is 2.45. The highest BCUT2D eigenvalue weighted by atomic mass is 32.2. The maximum absolute atomic E-state index is 10.2. The first kappa shape index (κ1) is 14.5. The maximum atomic E-state index is 10.2. The van der Waals surface area contributed by atoms with E-state index in [1.807, 2.05) is 0 Å². The lowest BCUT2D eigenvalue weighted by molar-refractivity contribution is 0.0221. The number of aliphatic hydroxyl groups is 2. The van der Waals surface area contributed by atoms with Gasteiger partial charge in [0.05, 0.1) is 24.8 Å². The van der Waals surface area contributed by atoms with Gasteiger partial charge in [-0.05, 0) is 12.0 Å². The zero-order valence-corrected chi connectivity index (χ0v) is 12.0. The molecule has 0 aliphatic carbocycles. The van der Waals surface area contributed by atoms with Gasteiger partial charge in [0.25, 0.3) is 0 Å². The zero-order chi connectivity index (χ0) is 15.0. The van der Waals surface area contributed by atoms with Gasteiger partial charge in [-0.25, -0.2) is 9.97 Å². The van der Waals surface area contributed by atoms with Crippen LogP contribution in [0.2, 0.25) is 0 Å². The summed E-state index contributed by atoms with van der Waals surface area (Å²) in [5.74, 6) is 0.286. The second kappa shape index (κ2) is 5.73. The molecule has 9 nitrogen and oxygen atoms in total. The lowest BCUT2D eigenvalue weighted by atomic mass is 10.1. The van der Waals surface area contributed by atoms with Crippen LogP contribution in [0.4, 0.5) is 5.82 Å². The van der Waals surface area contributed by atoms with Gasteiger partial charge >= 0.3 is 0 Å². The van der Waals surface area contributed by atoms with Crippen molar-refractivity contribution in [3.8, 4) is 0 Å². The maximum Gasteiger partial charge on any atom is 0.152 e. The third-order valence-corrected chi connectivity index (χ3v) is 3.94. The molecular formula is C11H16N6O3S. The van der Waals surface area contributed by atoms with Crippen molar-refractivity contribution in [3.63, 3.8) is 0 Å². The second-order valence-corrected chi connectivity index (χ2v) is 5.34. The lowest BCUT2D eigenvalue weighted by Crippen LogP contribution is -2.36. The molecule has 114 valence electrons. The minimum atomic E-state index is -1.01. The molecule has 0 amide bonds. The summed E-state index contributed by atoms with van der Waals surface area (Å²) in [5, 5.41) is 30.3. The molecule has 0 radical (unpaired) electrons. The number of nitrogen functional groups attached to an aromatic ring is 1. The zero-order valence-electron chi connectivity index (χ0n) is 11.2. The predicted octanol–water partition coefficient (Wildman–Crippen LogP) is -1.04. The van der Waals surface area contributed by atoms with Crippen LogP contribution in [-0.2, 0) is 4.18 Å². The van der Waals surface area contributed by atoms with Crippen molar-refractivity contribution in [2.45, 2.75) is 24.3 Å². The molecular weight excluding hydrogens is 296 g/mol.